The minimum Gasteiger partial charge on any atom is -0.389 e. The third kappa shape index (κ3) is 1.89. The van der Waals surface area contributed by atoms with Gasteiger partial charge in [-0.05, 0) is 49.2 Å². The first-order valence-corrected chi connectivity index (χ1v) is 6.26. The standard InChI is InChI=1S/C15H22O/c1-9(2)15-12-6-5-10(3)7-13(12)11(4)8-14(15)16/h5,7-9,12,14-16H,6H2,1-4H3. The molecule has 1 nitrogen and oxygen atoms in total. The van der Waals surface area contributed by atoms with E-state index in [2.05, 4.69) is 39.8 Å². The maximum Gasteiger partial charge on any atom is 0.0763 e. The van der Waals surface area contributed by atoms with Gasteiger partial charge in [-0.25, -0.2) is 0 Å². The van der Waals surface area contributed by atoms with Gasteiger partial charge in [0.2, 0.25) is 0 Å². The van der Waals surface area contributed by atoms with Crippen molar-refractivity contribution in [3.05, 3.63) is 34.9 Å². The molecule has 0 aliphatic heterocycles. The first kappa shape index (κ1) is 11.7. The summed E-state index contributed by atoms with van der Waals surface area (Å²) in [5.41, 5.74) is 4.07. The van der Waals surface area contributed by atoms with Gasteiger partial charge in [0.15, 0.2) is 0 Å². The summed E-state index contributed by atoms with van der Waals surface area (Å²) in [6.45, 7) is 8.71. The van der Waals surface area contributed by atoms with E-state index in [4.69, 9.17) is 0 Å². The molecular formula is C15H22O. The smallest absolute Gasteiger partial charge is 0.0763 e. The van der Waals surface area contributed by atoms with Crippen LogP contribution in [-0.2, 0) is 0 Å². The van der Waals surface area contributed by atoms with Crippen LogP contribution in [0.2, 0.25) is 0 Å². The van der Waals surface area contributed by atoms with Crippen molar-refractivity contribution in [1.82, 2.24) is 0 Å². The number of allylic oxidation sites excluding steroid dienone is 5. The van der Waals surface area contributed by atoms with E-state index in [9.17, 15) is 5.11 Å². The second-order valence-electron chi connectivity index (χ2n) is 5.55. The zero-order valence-corrected chi connectivity index (χ0v) is 10.7. The van der Waals surface area contributed by atoms with Gasteiger partial charge in [0, 0.05) is 0 Å². The molecule has 1 heteroatoms. The van der Waals surface area contributed by atoms with Crippen molar-refractivity contribution < 1.29 is 5.11 Å². The Bertz CT molecular complexity index is 371. The molecule has 0 bridgehead atoms. The Balaban J connectivity index is 2.40. The number of hydrogen-bond donors (Lipinski definition) is 1. The summed E-state index contributed by atoms with van der Waals surface area (Å²) in [5, 5.41) is 10.2. The molecule has 0 aromatic heterocycles. The van der Waals surface area contributed by atoms with Gasteiger partial charge < -0.3 is 5.11 Å². The fourth-order valence-electron chi connectivity index (χ4n) is 3.18. The lowest BCUT2D eigenvalue weighted by molar-refractivity contribution is 0.0834. The van der Waals surface area contributed by atoms with E-state index in [0.29, 0.717) is 17.8 Å². The second kappa shape index (κ2) is 4.21. The highest BCUT2D eigenvalue weighted by molar-refractivity contribution is 5.43. The Morgan fingerprint density at radius 3 is 2.62 bits per heavy atom. The molecule has 0 aromatic carbocycles. The summed E-state index contributed by atoms with van der Waals surface area (Å²) < 4.78 is 0. The molecule has 0 heterocycles. The fourth-order valence-corrected chi connectivity index (χ4v) is 3.18. The van der Waals surface area contributed by atoms with Crippen molar-refractivity contribution in [2.45, 2.75) is 40.2 Å². The average Bonchev–Trinajstić information content (AvgIpc) is 2.18. The Morgan fingerprint density at radius 1 is 1.31 bits per heavy atom. The normalized spacial score (nSPS) is 34.1. The van der Waals surface area contributed by atoms with E-state index >= 15 is 0 Å². The van der Waals surface area contributed by atoms with Crippen molar-refractivity contribution in [1.29, 1.82) is 0 Å². The monoisotopic (exact) mass is 218 g/mol. The number of rotatable bonds is 1. The van der Waals surface area contributed by atoms with Crippen molar-refractivity contribution >= 4 is 0 Å². The highest BCUT2D eigenvalue weighted by Gasteiger charge is 2.36. The molecule has 0 saturated carbocycles. The summed E-state index contributed by atoms with van der Waals surface area (Å²) in [4.78, 5) is 0. The molecule has 0 amide bonds. The third-order valence-corrected chi connectivity index (χ3v) is 3.98. The Kier molecular flexibility index (Phi) is 3.07. The van der Waals surface area contributed by atoms with Crippen LogP contribution in [0.15, 0.2) is 34.9 Å². The summed E-state index contributed by atoms with van der Waals surface area (Å²) in [6.07, 6.45) is 7.44. The van der Waals surface area contributed by atoms with Crippen LogP contribution >= 0.6 is 0 Å². The predicted octanol–water partition coefficient (Wildman–Crippen LogP) is 3.47. The number of aliphatic hydroxyl groups is 1. The second-order valence-corrected chi connectivity index (χ2v) is 5.55. The highest BCUT2D eigenvalue weighted by atomic mass is 16.3. The molecule has 2 aliphatic rings. The number of fused-ring (bicyclic) bond motifs is 1. The van der Waals surface area contributed by atoms with Crippen LogP contribution in [0, 0.1) is 17.8 Å². The van der Waals surface area contributed by atoms with E-state index < -0.39 is 0 Å². The molecule has 0 radical (unpaired) electrons. The number of aliphatic hydroxyl groups excluding tert-OH is 1. The average molecular weight is 218 g/mol. The van der Waals surface area contributed by atoms with Gasteiger partial charge in [-0.15, -0.1) is 0 Å². The van der Waals surface area contributed by atoms with E-state index in [0.717, 1.165) is 6.42 Å². The summed E-state index contributed by atoms with van der Waals surface area (Å²) in [7, 11) is 0. The lowest BCUT2D eigenvalue weighted by Gasteiger charge is -2.40. The van der Waals surface area contributed by atoms with Crippen molar-refractivity contribution in [2.24, 2.45) is 17.8 Å². The van der Waals surface area contributed by atoms with Gasteiger partial charge in [0.1, 0.15) is 0 Å². The maximum atomic E-state index is 10.2. The molecule has 3 unspecified atom stereocenters. The molecule has 0 saturated heterocycles. The van der Waals surface area contributed by atoms with E-state index in [1.807, 2.05) is 6.08 Å². The third-order valence-electron chi connectivity index (χ3n) is 3.98. The van der Waals surface area contributed by atoms with Crippen molar-refractivity contribution in [3.8, 4) is 0 Å². The van der Waals surface area contributed by atoms with E-state index in [1.54, 1.807) is 0 Å². The molecule has 2 rings (SSSR count). The fraction of sp³-hybridized carbons (Fsp3) is 0.600. The first-order chi connectivity index (χ1) is 7.50. The molecule has 2 aliphatic carbocycles. The lowest BCUT2D eigenvalue weighted by Crippen LogP contribution is -2.36. The lowest BCUT2D eigenvalue weighted by atomic mass is 9.67. The zero-order chi connectivity index (χ0) is 11.9. The Morgan fingerprint density at radius 2 is 2.00 bits per heavy atom. The molecule has 16 heavy (non-hydrogen) atoms. The molecule has 0 aromatic rings. The SMILES string of the molecule is CC1=CCC2C(=C1)C(C)=CC(O)C2C(C)C. The minimum atomic E-state index is -0.269. The quantitative estimate of drug-likeness (QED) is 0.714. The van der Waals surface area contributed by atoms with Gasteiger partial charge in [-0.2, -0.15) is 0 Å². The van der Waals surface area contributed by atoms with Crippen LogP contribution in [0.5, 0.6) is 0 Å². The molecule has 3 atom stereocenters. The van der Waals surface area contributed by atoms with Crippen LogP contribution in [0.1, 0.15) is 34.1 Å². The molecule has 0 fully saturated rings. The van der Waals surface area contributed by atoms with Crippen LogP contribution < -0.4 is 0 Å². The van der Waals surface area contributed by atoms with Crippen LogP contribution in [0.4, 0.5) is 0 Å². The van der Waals surface area contributed by atoms with Crippen LogP contribution in [0.25, 0.3) is 0 Å². The largest absolute Gasteiger partial charge is 0.389 e. The van der Waals surface area contributed by atoms with Crippen LogP contribution in [-0.4, -0.2) is 11.2 Å². The molecule has 0 spiro atoms. The van der Waals surface area contributed by atoms with Gasteiger partial charge in [-0.3, -0.25) is 0 Å². The van der Waals surface area contributed by atoms with E-state index in [-0.39, 0.29) is 6.10 Å². The summed E-state index contributed by atoms with van der Waals surface area (Å²) in [5.74, 6) is 1.42. The Hall–Kier alpha value is -0.820. The van der Waals surface area contributed by atoms with Crippen molar-refractivity contribution in [2.75, 3.05) is 0 Å². The first-order valence-electron chi connectivity index (χ1n) is 6.26. The summed E-state index contributed by atoms with van der Waals surface area (Å²) >= 11 is 0. The van der Waals surface area contributed by atoms with Gasteiger partial charge in [-0.1, -0.05) is 37.6 Å². The number of hydrogen-bond acceptors (Lipinski definition) is 1. The van der Waals surface area contributed by atoms with Gasteiger partial charge in [0.25, 0.3) is 0 Å². The van der Waals surface area contributed by atoms with Crippen molar-refractivity contribution in [3.63, 3.8) is 0 Å². The van der Waals surface area contributed by atoms with Crippen LogP contribution in [0.3, 0.4) is 0 Å². The minimum absolute atomic E-state index is 0.269. The topological polar surface area (TPSA) is 20.2 Å². The maximum absolute atomic E-state index is 10.2. The highest BCUT2D eigenvalue weighted by Crippen LogP contribution is 2.43. The van der Waals surface area contributed by atoms with Gasteiger partial charge in [0.05, 0.1) is 6.10 Å². The van der Waals surface area contributed by atoms with E-state index in [1.165, 1.54) is 16.7 Å². The van der Waals surface area contributed by atoms with Gasteiger partial charge >= 0.3 is 0 Å². The Labute approximate surface area is 98.6 Å². The molecular weight excluding hydrogens is 196 g/mol. The zero-order valence-electron chi connectivity index (χ0n) is 10.7. The molecule has 1 N–H and O–H groups in total. The summed E-state index contributed by atoms with van der Waals surface area (Å²) in [6, 6.07) is 0. The predicted molar refractivity (Wildman–Crippen MR) is 68.0 cm³/mol. The molecule has 88 valence electrons.